The summed E-state index contributed by atoms with van der Waals surface area (Å²) in [5.41, 5.74) is 2.08. The number of rotatable bonds is 3. The van der Waals surface area contributed by atoms with Crippen LogP contribution in [0.5, 0.6) is 5.75 Å². The van der Waals surface area contributed by atoms with Gasteiger partial charge in [0.1, 0.15) is 24.0 Å². The predicted molar refractivity (Wildman–Crippen MR) is 61.9 cm³/mol. The number of halogens is 2. The molecular weight excluding hydrogens is 222 g/mol. The molecule has 0 saturated carbocycles. The highest BCUT2D eigenvalue weighted by Crippen LogP contribution is 2.17. The minimum absolute atomic E-state index is 0.200. The Bertz CT molecular complexity index is 503. The van der Waals surface area contributed by atoms with Crippen LogP contribution in [0.2, 0.25) is 0 Å². The van der Waals surface area contributed by atoms with Crippen LogP contribution in [0.25, 0.3) is 0 Å². The standard InChI is InChI=1S/C14H12F2O/c1-10-4-2-3-5-11(10)9-17-14-7-12(15)6-13(16)8-14/h2-8H,9H2,1H3. The van der Waals surface area contributed by atoms with Gasteiger partial charge in [0, 0.05) is 18.2 Å². The zero-order valence-electron chi connectivity index (χ0n) is 9.41. The van der Waals surface area contributed by atoms with Gasteiger partial charge in [-0.15, -0.1) is 0 Å². The second-order valence-corrected chi connectivity index (χ2v) is 3.82. The van der Waals surface area contributed by atoms with Crippen LogP contribution < -0.4 is 4.74 Å². The molecule has 2 aromatic rings. The van der Waals surface area contributed by atoms with Crippen LogP contribution in [0.3, 0.4) is 0 Å². The molecule has 0 aliphatic heterocycles. The van der Waals surface area contributed by atoms with E-state index >= 15 is 0 Å². The van der Waals surface area contributed by atoms with Crippen LogP contribution in [-0.2, 0) is 6.61 Å². The van der Waals surface area contributed by atoms with Crippen LogP contribution in [0.4, 0.5) is 8.78 Å². The molecule has 1 nitrogen and oxygen atoms in total. The fraction of sp³-hybridized carbons (Fsp3) is 0.143. The first-order valence-corrected chi connectivity index (χ1v) is 5.28. The van der Waals surface area contributed by atoms with E-state index in [1.165, 1.54) is 12.1 Å². The molecule has 0 spiro atoms. The number of benzene rings is 2. The lowest BCUT2D eigenvalue weighted by Gasteiger charge is -2.08. The second-order valence-electron chi connectivity index (χ2n) is 3.82. The molecule has 0 unspecified atom stereocenters. The largest absolute Gasteiger partial charge is 0.489 e. The van der Waals surface area contributed by atoms with Gasteiger partial charge in [-0.25, -0.2) is 8.78 Å². The fourth-order valence-corrected chi connectivity index (χ4v) is 1.54. The van der Waals surface area contributed by atoms with Gasteiger partial charge in [0.05, 0.1) is 0 Å². The van der Waals surface area contributed by atoms with Crippen LogP contribution in [0.15, 0.2) is 42.5 Å². The number of hydrogen-bond acceptors (Lipinski definition) is 1. The molecule has 0 saturated heterocycles. The summed E-state index contributed by atoms with van der Waals surface area (Å²) in [4.78, 5) is 0. The molecule has 3 heteroatoms. The van der Waals surface area contributed by atoms with Crippen molar-refractivity contribution >= 4 is 0 Å². The zero-order valence-corrected chi connectivity index (χ0v) is 9.41. The summed E-state index contributed by atoms with van der Waals surface area (Å²) in [7, 11) is 0. The molecule has 0 aliphatic rings. The predicted octanol–water partition coefficient (Wildman–Crippen LogP) is 3.85. The highest BCUT2D eigenvalue weighted by atomic mass is 19.1. The van der Waals surface area contributed by atoms with Crippen molar-refractivity contribution in [3.8, 4) is 5.75 Å². The van der Waals surface area contributed by atoms with Crippen molar-refractivity contribution in [3.63, 3.8) is 0 Å². The van der Waals surface area contributed by atoms with Gasteiger partial charge in [-0.3, -0.25) is 0 Å². The minimum atomic E-state index is -0.634. The summed E-state index contributed by atoms with van der Waals surface area (Å²) >= 11 is 0. The van der Waals surface area contributed by atoms with E-state index in [-0.39, 0.29) is 5.75 Å². The average Bonchev–Trinajstić information content (AvgIpc) is 2.27. The quantitative estimate of drug-likeness (QED) is 0.783. The third-order valence-corrected chi connectivity index (χ3v) is 2.49. The first-order valence-electron chi connectivity index (χ1n) is 5.28. The maximum absolute atomic E-state index is 12.9. The van der Waals surface area contributed by atoms with E-state index < -0.39 is 11.6 Å². The Balaban J connectivity index is 2.10. The summed E-state index contributed by atoms with van der Waals surface area (Å²) in [5.74, 6) is -1.07. The molecule has 0 N–H and O–H groups in total. The normalized spacial score (nSPS) is 10.3. The zero-order chi connectivity index (χ0) is 12.3. The van der Waals surface area contributed by atoms with E-state index in [4.69, 9.17) is 4.74 Å². The van der Waals surface area contributed by atoms with Crippen molar-refractivity contribution in [2.24, 2.45) is 0 Å². The summed E-state index contributed by atoms with van der Waals surface area (Å²) in [6.07, 6.45) is 0. The lowest BCUT2D eigenvalue weighted by atomic mass is 10.1. The van der Waals surface area contributed by atoms with E-state index in [0.29, 0.717) is 6.61 Å². The van der Waals surface area contributed by atoms with Crippen molar-refractivity contribution < 1.29 is 13.5 Å². The monoisotopic (exact) mass is 234 g/mol. The van der Waals surface area contributed by atoms with Crippen molar-refractivity contribution in [1.82, 2.24) is 0 Å². The van der Waals surface area contributed by atoms with E-state index in [1.54, 1.807) is 0 Å². The van der Waals surface area contributed by atoms with Gasteiger partial charge in [-0.1, -0.05) is 24.3 Å². The van der Waals surface area contributed by atoms with Gasteiger partial charge in [0.25, 0.3) is 0 Å². The molecule has 2 rings (SSSR count). The number of ether oxygens (including phenoxy) is 1. The third kappa shape index (κ3) is 3.03. The maximum Gasteiger partial charge on any atom is 0.129 e. The number of aryl methyl sites for hydroxylation is 1. The summed E-state index contributed by atoms with van der Waals surface area (Å²) in [6.45, 7) is 2.26. The molecule has 17 heavy (non-hydrogen) atoms. The van der Waals surface area contributed by atoms with Crippen LogP contribution in [0, 0.1) is 18.6 Å². The minimum Gasteiger partial charge on any atom is -0.489 e. The highest BCUT2D eigenvalue weighted by Gasteiger charge is 2.03. The molecule has 88 valence electrons. The molecule has 2 aromatic carbocycles. The summed E-state index contributed by atoms with van der Waals surface area (Å²) < 4.78 is 31.2. The van der Waals surface area contributed by atoms with Gasteiger partial charge < -0.3 is 4.74 Å². The molecule has 0 heterocycles. The molecule has 0 aromatic heterocycles. The van der Waals surface area contributed by atoms with Gasteiger partial charge >= 0.3 is 0 Å². The third-order valence-electron chi connectivity index (χ3n) is 2.49. The highest BCUT2D eigenvalue weighted by molar-refractivity contribution is 5.27. The van der Waals surface area contributed by atoms with Crippen molar-refractivity contribution in [2.45, 2.75) is 13.5 Å². The Morgan fingerprint density at radius 1 is 1.00 bits per heavy atom. The van der Waals surface area contributed by atoms with Crippen molar-refractivity contribution in [2.75, 3.05) is 0 Å². The van der Waals surface area contributed by atoms with Gasteiger partial charge in [-0.05, 0) is 18.1 Å². The molecule has 0 atom stereocenters. The van der Waals surface area contributed by atoms with Gasteiger partial charge in [0.2, 0.25) is 0 Å². The van der Waals surface area contributed by atoms with Crippen LogP contribution in [-0.4, -0.2) is 0 Å². The first kappa shape index (κ1) is 11.6. The first-order chi connectivity index (χ1) is 8.15. The van der Waals surface area contributed by atoms with Crippen LogP contribution >= 0.6 is 0 Å². The smallest absolute Gasteiger partial charge is 0.129 e. The second kappa shape index (κ2) is 4.95. The Morgan fingerprint density at radius 2 is 1.65 bits per heavy atom. The lowest BCUT2D eigenvalue weighted by molar-refractivity contribution is 0.302. The van der Waals surface area contributed by atoms with Crippen molar-refractivity contribution in [1.29, 1.82) is 0 Å². The lowest BCUT2D eigenvalue weighted by Crippen LogP contribution is -1.98. The Morgan fingerprint density at radius 3 is 2.29 bits per heavy atom. The number of hydrogen-bond donors (Lipinski definition) is 0. The van der Waals surface area contributed by atoms with E-state index in [9.17, 15) is 8.78 Å². The van der Waals surface area contributed by atoms with E-state index in [2.05, 4.69) is 0 Å². The molecule has 0 amide bonds. The van der Waals surface area contributed by atoms with E-state index in [1.807, 2.05) is 31.2 Å². The topological polar surface area (TPSA) is 9.23 Å². The van der Waals surface area contributed by atoms with E-state index in [0.717, 1.165) is 17.2 Å². The van der Waals surface area contributed by atoms with Gasteiger partial charge in [0.15, 0.2) is 0 Å². The summed E-state index contributed by atoms with van der Waals surface area (Å²) in [6, 6.07) is 10.9. The van der Waals surface area contributed by atoms with Crippen LogP contribution in [0.1, 0.15) is 11.1 Å². The average molecular weight is 234 g/mol. The molecule has 0 fully saturated rings. The Kier molecular flexibility index (Phi) is 3.38. The fourth-order valence-electron chi connectivity index (χ4n) is 1.54. The maximum atomic E-state index is 12.9. The molecule has 0 radical (unpaired) electrons. The van der Waals surface area contributed by atoms with Gasteiger partial charge in [-0.2, -0.15) is 0 Å². The Labute approximate surface area is 98.7 Å². The SMILES string of the molecule is Cc1ccccc1COc1cc(F)cc(F)c1. The molecule has 0 bridgehead atoms. The summed E-state index contributed by atoms with van der Waals surface area (Å²) in [5, 5.41) is 0. The van der Waals surface area contributed by atoms with Crippen molar-refractivity contribution in [3.05, 3.63) is 65.2 Å². The Hall–Kier alpha value is -1.90. The molecule has 0 aliphatic carbocycles. The molecular formula is C14H12F2O.